The predicted octanol–water partition coefficient (Wildman–Crippen LogP) is 2.55. The monoisotopic (exact) mass is 549 g/mol. The number of hydrazone groups is 1. The minimum Gasteiger partial charge on any atom is -0.464 e. The Hall–Kier alpha value is -4.97. The number of fused-ring (bicyclic) bond motifs is 5. The molecule has 2 aromatic carbocycles. The lowest BCUT2D eigenvalue weighted by Gasteiger charge is -2.39. The van der Waals surface area contributed by atoms with E-state index in [1.807, 2.05) is 60.7 Å². The zero-order chi connectivity index (χ0) is 28.5. The maximum atomic E-state index is 13.7. The van der Waals surface area contributed by atoms with Gasteiger partial charge in [0.05, 0.1) is 29.8 Å². The van der Waals surface area contributed by atoms with Crippen LogP contribution in [0.3, 0.4) is 0 Å². The van der Waals surface area contributed by atoms with E-state index in [-0.39, 0.29) is 37.5 Å². The van der Waals surface area contributed by atoms with Gasteiger partial charge in [-0.25, -0.2) is 0 Å². The lowest BCUT2D eigenvalue weighted by atomic mass is 9.67. The first-order valence-electron chi connectivity index (χ1n) is 13.5. The van der Waals surface area contributed by atoms with Crippen LogP contribution >= 0.6 is 0 Å². The number of nitrogens with zero attached hydrogens (tertiary/aromatic N) is 2. The summed E-state index contributed by atoms with van der Waals surface area (Å²) >= 11 is 0. The molecular formula is C32H27N3O6. The van der Waals surface area contributed by atoms with Gasteiger partial charge in [-0.15, -0.1) is 6.42 Å². The van der Waals surface area contributed by atoms with Crippen molar-refractivity contribution in [3.63, 3.8) is 0 Å². The summed E-state index contributed by atoms with van der Waals surface area (Å²) in [6.07, 6.45) is 8.28. The first-order chi connectivity index (χ1) is 20.0. The van der Waals surface area contributed by atoms with Gasteiger partial charge in [0, 0.05) is 18.1 Å². The van der Waals surface area contributed by atoms with Crippen LogP contribution in [-0.4, -0.2) is 54.1 Å². The normalized spacial score (nSPS) is 25.9. The van der Waals surface area contributed by atoms with E-state index in [0.29, 0.717) is 6.42 Å². The van der Waals surface area contributed by atoms with Gasteiger partial charge in [-0.1, -0.05) is 66.6 Å². The molecule has 2 bridgehead atoms. The van der Waals surface area contributed by atoms with Crippen molar-refractivity contribution in [2.24, 2.45) is 34.7 Å². The van der Waals surface area contributed by atoms with Crippen LogP contribution in [0.15, 0.2) is 83.5 Å². The number of carbonyl (C=O) groups excluding carboxylic acids is 4. The van der Waals surface area contributed by atoms with Crippen LogP contribution in [0.25, 0.3) is 5.70 Å². The number of hydrogen-bond donors (Lipinski definition) is 1. The number of amides is 2. The lowest BCUT2D eigenvalue weighted by molar-refractivity contribution is -0.162. The van der Waals surface area contributed by atoms with Crippen LogP contribution in [0.4, 0.5) is 0 Å². The molecule has 2 aliphatic heterocycles. The van der Waals surface area contributed by atoms with Crippen molar-refractivity contribution in [1.29, 1.82) is 0 Å². The number of nitrogens with one attached hydrogen (secondary N) is 1. The average molecular weight is 550 g/mol. The fraction of sp³-hybridized carbons (Fsp3) is 0.281. The second kappa shape index (κ2) is 10.9. The molecule has 4 aliphatic rings. The molecule has 0 radical (unpaired) electrons. The molecule has 6 rings (SSSR count). The second-order valence-corrected chi connectivity index (χ2v) is 10.3. The number of rotatable bonds is 8. The van der Waals surface area contributed by atoms with E-state index in [0.717, 1.165) is 33.0 Å². The van der Waals surface area contributed by atoms with Crippen LogP contribution in [0, 0.1) is 41.9 Å². The van der Waals surface area contributed by atoms with Gasteiger partial charge in [-0.3, -0.25) is 29.5 Å². The Morgan fingerprint density at radius 3 is 2.22 bits per heavy atom. The highest BCUT2D eigenvalue weighted by molar-refractivity contribution is 6.13. The molecule has 1 unspecified atom stereocenters. The quantitative estimate of drug-likeness (QED) is 0.306. The molecule has 206 valence electrons. The van der Waals surface area contributed by atoms with Gasteiger partial charge in [0.15, 0.2) is 6.61 Å². The van der Waals surface area contributed by atoms with Gasteiger partial charge in [-0.2, -0.15) is 5.10 Å². The highest BCUT2D eigenvalue weighted by Crippen LogP contribution is 2.61. The number of carbonyl (C=O) groups is 4. The van der Waals surface area contributed by atoms with Crippen LogP contribution in [0.5, 0.6) is 0 Å². The number of ether oxygens (including phenoxy) is 2. The van der Waals surface area contributed by atoms with E-state index in [1.54, 1.807) is 0 Å². The molecule has 2 heterocycles. The van der Waals surface area contributed by atoms with E-state index in [2.05, 4.69) is 11.3 Å². The molecule has 5 atom stereocenters. The Labute approximate surface area is 236 Å². The summed E-state index contributed by atoms with van der Waals surface area (Å²) in [5.74, 6) is -2.15. The first kappa shape index (κ1) is 26.3. The van der Waals surface area contributed by atoms with Crippen LogP contribution in [-0.2, 0) is 28.7 Å². The Bertz CT molecular complexity index is 1520. The Morgan fingerprint density at radius 2 is 1.56 bits per heavy atom. The third-order valence-electron chi connectivity index (χ3n) is 8.28. The zero-order valence-electron chi connectivity index (χ0n) is 22.1. The number of imide groups is 1. The molecule has 9 nitrogen and oxygen atoms in total. The maximum absolute atomic E-state index is 13.7. The highest BCUT2D eigenvalue weighted by atomic mass is 16.5. The Balaban J connectivity index is 1.35. The Morgan fingerprint density at radius 1 is 0.927 bits per heavy atom. The van der Waals surface area contributed by atoms with Gasteiger partial charge in [0.25, 0.3) is 11.8 Å². The van der Waals surface area contributed by atoms with Crippen molar-refractivity contribution in [1.82, 2.24) is 10.3 Å². The first-order valence-corrected chi connectivity index (χ1v) is 13.5. The lowest BCUT2D eigenvalue weighted by Crippen LogP contribution is -2.45. The third-order valence-corrected chi connectivity index (χ3v) is 8.28. The molecule has 2 aromatic rings. The van der Waals surface area contributed by atoms with Crippen molar-refractivity contribution in [3.8, 4) is 12.3 Å². The minimum atomic E-state index is -0.824. The molecule has 2 saturated carbocycles. The van der Waals surface area contributed by atoms with Crippen LogP contribution < -0.4 is 5.43 Å². The fourth-order valence-corrected chi connectivity index (χ4v) is 6.68. The predicted molar refractivity (Wildman–Crippen MR) is 148 cm³/mol. The standard InChI is InChI=1S/C32H27N3O6/c1-2-16-40-31(38)27-21-18-22(28(27)32(39)41-17-15-35-23(36)13-14-24(35)37)26-25(21)29(19-9-5-3-6-10-19)33-34-30(26)20-11-7-4-8-12-20/h1,3-14,21-22,25,27-28,34H,15-18H2/t21-,22+,25?,27+,28-/m0/s1. The summed E-state index contributed by atoms with van der Waals surface area (Å²) in [6, 6.07) is 19.5. The van der Waals surface area contributed by atoms with E-state index in [4.69, 9.17) is 21.0 Å². The van der Waals surface area contributed by atoms with Crippen LogP contribution in [0.2, 0.25) is 0 Å². The SMILES string of the molecule is C#CCOC(=O)[C@H]1[C@@H](C(=O)OCCN2C(=O)C=CC2=O)[C@@H]2C[C@H]1C1C(c3ccccc3)=NNC(c3ccccc3)=C12. The molecule has 0 spiro atoms. The minimum absolute atomic E-state index is 0.0730. The van der Waals surface area contributed by atoms with E-state index >= 15 is 0 Å². The zero-order valence-corrected chi connectivity index (χ0v) is 22.1. The van der Waals surface area contributed by atoms with E-state index in [1.165, 1.54) is 12.2 Å². The second-order valence-electron chi connectivity index (χ2n) is 10.3. The van der Waals surface area contributed by atoms with E-state index < -0.39 is 35.6 Å². The molecule has 2 aliphatic carbocycles. The summed E-state index contributed by atoms with van der Waals surface area (Å²) in [6.45, 7) is -0.456. The summed E-state index contributed by atoms with van der Waals surface area (Å²) in [7, 11) is 0. The summed E-state index contributed by atoms with van der Waals surface area (Å²) in [4.78, 5) is 52.0. The molecule has 9 heteroatoms. The Kier molecular flexibility index (Phi) is 6.98. The van der Waals surface area contributed by atoms with Gasteiger partial charge in [0.1, 0.15) is 6.61 Å². The van der Waals surface area contributed by atoms with Gasteiger partial charge < -0.3 is 9.47 Å². The smallest absolute Gasteiger partial charge is 0.311 e. The number of hydrogen-bond acceptors (Lipinski definition) is 8. The van der Waals surface area contributed by atoms with Crippen LogP contribution in [0.1, 0.15) is 17.5 Å². The van der Waals surface area contributed by atoms with Gasteiger partial charge in [0.2, 0.25) is 0 Å². The summed E-state index contributed by atoms with van der Waals surface area (Å²) < 4.78 is 11.0. The highest BCUT2D eigenvalue weighted by Gasteiger charge is 2.63. The molecule has 0 aromatic heterocycles. The number of terminal acetylenes is 1. The molecule has 1 N–H and O–H groups in total. The third kappa shape index (κ3) is 4.61. The molecule has 2 fully saturated rings. The average Bonchev–Trinajstić information content (AvgIpc) is 3.68. The van der Waals surface area contributed by atoms with Crippen molar-refractivity contribution in [2.45, 2.75) is 6.42 Å². The molecule has 2 amide bonds. The van der Waals surface area contributed by atoms with E-state index in [9.17, 15) is 19.2 Å². The van der Waals surface area contributed by atoms with Crippen molar-refractivity contribution in [3.05, 3.63) is 89.5 Å². The topological polar surface area (TPSA) is 114 Å². The maximum Gasteiger partial charge on any atom is 0.311 e. The van der Waals surface area contributed by atoms with Crippen molar-refractivity contribution in [2.75, 3.05) is 19.8 Å². The number of benzene rings is 2. The van der Waals surface area contributed by atoms with Gasteiger partial charge >= 0.3 is 11.9 Å². The number of allylic oxidation sites excluding steroid dienone is 1. The molecule has 0 saturated heterocycles. The largest absolute Gasteiger partial charge is 0.464 e. The van der Waals surface area contributed by atoms with Crippen molar-refractivity contribution < 1.29 is 28.7 Å². The summed E-state index contributed by atoms with van der Waals surface area (Å²) in [5.41, 5.74) is 7.72. The molecule has 41 heavy (non-hydrogen) atoms. The fourth-order valence-electron chi connectivity index (χ4n) is 6.68. The molecular weight excluding hydrogens is 522 g/mol. The van der Waals surface area contributed by atoms with Gasteiger partial charge in [-0.05, 0) is 35.0 Å². The number of esters is 2. The summed E-state index contributed by atoms with van der Waals surface area (Å²) in [5, 5.41) is 4.79. The van der Waals surface area contributed by atoms with Crippen molar-refractivity contribution >= 4 is 35.2 Å².